The molecule has 5 heteroatoms. The van der Waals surface area contributed by atoms with Gasteiger partial charge in [0.1, 0.15) is 0 Å². The highest BCUT2D eigenvalue weighted by molar-refractivity contribution is 5.82. The zero-order valence-electron chi connectivity index (χ0n) is 13.1. The van der Waals surface area contributed by atoms with Crippen molar-refractivity contribution in [2.45, 2.75) is 32.7 Å². The number of carbonyl (C=O) groups excluding carboxylic acids is 1. The van der Waals surface area contributed by atoms with Gasteiger partial charge in [0, 0.05) is 37.6 Å². The lowest BCUT2D eigenvalue weighted by Crippen LogP contribution is -2.30. The second-order valence-electron chi connectivity index (χ2n) is 5.70. The number of hydrogen-bond donors (Lipinski definition) is 2. The molecule has 0 spiro atoms. The van der Waals surface area contributed by atoms with Crippen LogP contribution >= 0.6 is 0 Å². The summed E-state index contributed by atoms with van der Waals surface area (Å²) in [7, 11) is 0. The molecule has 1 aromatic heterocycles. The third kappa shape index (κ3) is 3.74. The van der Waals surface area contributed by atoms with Crippen LogP contribution in [0.25, 0.3) is 10.8 Å². The largest absolute Gasteiger partial charge is 0.355 e. The van der Waals surface area contributed by atoms with E-state index in [0.717, 1.165) is 5.39 Å². The van der Waals surface area contributed by atoms with Gasteiger partial charge in [-0.3, -0.25) is 9.59 Å². The fraction of sp³-hybridized carbons (Fsp3) is 0.412. The van der Waals surface area contributed by atoms with E-state index in [0.29, 0.717) is 30.9 Å². The Bertz CT molecular complexity index is 719. The maximum absolute atomic E-state index is 12.4. The lowest BCUT2D eigenvalue weighted by molar-refractivity contribution is -0.121. The van der Waals surface area contributed by atoms with Gasteiger partial charge in [-0.2, -0.15) is 0 Å². The maximum atomic E-state index is 12.4. The SMILES string of the molecule is CC(C)c1ccc2c(=O)n(CCC(=O)NCCN)ccc2c1. The molecule has 0 saturated carbocycles. The van der Waals surface area contributed by atoms with E-state index in [4.69, 9.17) is 5.73 Å². The molecule has 1 heterocycles. The van der Waals surface area contributed by atoms with E-state index in [1.54, 1.807) is 10.8 Å². The molecule has 22 heavy (non-hydrogen) atoms. The molecule has 0 fully saturated rings. The first kappa shape index (κ1) is 16.2. The lowest BCUT2D eigenvalue weighted by atomic mass is 10.0. The van der Waals surface area contributed by atoms with E-state index in [1.807, 2.05) is 18.2 Å². The first-order valence-electron chi connectivity index (χ1n) is 7.63. The summed E-state index contributed by atoms with van der Waals surface area (Å²) in [5.74, 6) is 0.339. The topological polar surface area (TPSA) is 77.1 Å². The van der Waals surface area contributed by atoms with Crippen LogP contribution in [0.1, 0.15) is 31.7 Å². The normalized spacial score (nSPS) is 11.1. The highest BCUT2D eigenvalue weighted by Crippen LogP contribution is 2.19. The Kier molecular flexibility index (Phi) is 5.33. The highest BCUT2D eigenvalue weighted by Gasteiger charge is 2.07. The minimum atomic E-state index is -0.0902. The number of carbonyl (C=O) groups is 1. The van der Waals surface area contributed by atoms with Crippen LogP contribution in [0.3, 0.4) is 0 Å². The smallest absolute Gasteiger partial charge is 0.258 e. The van der Waals surface area contributed by atoms with Crippen molar-refractivity contribution in [2.24, 2.45) is 5.73 Å². The van der Waals surface area contributed by atoms with Gasteiger partial charge < -0.3 is 15.6 Å². The molecule has 0 aliphatic carbocycles. The Labute approximate surface area is 130 Å². The summed E-state index contributed by atoms with van der Waals surface area (Å²) < 4.78 is 1.58. The van der Waals surface area contributed by atoms with Gasteiger partial charge in [-0.1, -0.05) is 26.0 Å². The quantitative estimate of drug-likeness (QED) is 0.850. The molecule has 118 valence electrons. The molecule has 0 bridgehead atoms. The van der Waals surface area contributed by atoms with Crippen molar-refractivity contribution in [2.75, 3.05) is 13.1 Å². The van der Waals surface area contributed by atoms with Crippen molar-refractivity contribution in [3.8, 4) is 0 Å². The van der Waals surface area contributed by atoms with Crippen LogP contribution < -0.4 is 16.6 Å². The predicted octanol–water partition coefficient (Wildman–Crippen LogP) is 1.59. The molecule has 1 amide bonds. The first-order valence-corrected chi connectivity index (χ1v) is 7.63. The molecule has 0 saturated heterocycles. The summed E-state index contributed by atoms with van der Waals surface area (Å²) in [5.41, 5.74) is 6.49. The van der Waals surface area contributed by atoms with E-state index in [1.165, 1.54) is 5.56 Å². The van der Waals surface area contributed by atoms with E-state index in [9.17, 15) is 9.59 Å². The van der Waals surface area contributed by atoms with Gasteiger partial charge in [-0.25, -0.2) is 0 Å². The summed E-state index contributed by atoms with van der Waals surface area (Å²) in [5, 5.41) is 4.33. The van der Waals surface area contributed by atoms with Crippen LogP contribution in [0.15, 0.2) is 35.3 Å². The van der Waals surface area contributed by atoms with Gasteiger partial charge in [0.25, 0.3) is 5.56 Å². The monoisotopic (exact) mass is 301 g/mol. The van der Waals surface area contributed by atoms with Crippen molar-refractivity contribution < 1.29 is 4.79 Å². The summed E-state index contributed by atoms with van der Waals surface area (Å²) in [6.07, 6.45) is 2.03. The molecule has 0 unspecified atom stereocenters. The summed E-state index contributed by atoms with van der Waals surface area (Å²) in [4.78, 5) is 24.0. The number of hydrogen-bond acceptors (Lipinski definition) is 3. The zero-order chi connectivity index (χ0) is 16.1. The number of aromatic nitrogens is 1. The van der Waals surface area contributed by atoms with Crippen molar-refractivity contribution >= 4 is 16.7 Å². The molecule has 2 aromatic rings. The number of amides is 1. The number of nitrogens with zero attached hydrogens (tertiary/aromatic N) is 1. The third-order valence-corrected chi connectivity index (χ3v) is 3.71. The molecular weight excluding hydrogens is 278 g/mol. The van der Waals surface area contributed by atoms with Gasteiger partial charge in [-0.15, -0.1) is 0 Å². The minimum absolute atomic E-state index is 0.0561. The number of benzene rings is 1. The van der Waals surface area contributed by atoms with Gasteiger partial charge >= 0.3 is 0 Å². The standard InChI is InChI=1S/C17H23N3O2/c1-12(2)13-3-4-15-14(11-13)5-9-20(17(15)22)10-6-16(21)19-8-7-18/h3-5,9,11-12H,6-8,10,18H2,1-2H3,(H,19,21). The number of nitrogens with one attached hydrogen (secondary N) is 1. The van der Waals surface area contributed by atoms with Crippen LogP contribution in [-0.4, -0.2) is 23.6 Å². The maximum Gasteiger partial charge on any atom is 0.258 e. The van der Waals surface area contributed by atoms with E-state index in [-0.39, 0.29) is 17.9 Å². The van der Waals surface area contributed by atoms with Gasteiger partial charge in [0.15, 0.2) is 0 Å². The predicted molar refractivity (Wildman–Crippen MR) is 89.0 cm³/mol. The van der Waals surface area contributed by atoms with Gasteiger partial charge in [-0.05, 0) is 29.0 Å². The Hall–Kier alpha value is -2.14. The number of rotatable bonds is 6. The number of pyridine rings is 1. The van der Waals surface area contributed by atoms with Gasteiger partial charge in [0.05, 0.1) is 0 Å². The zero-order valence-corrected chi connectivity index (χ0v) is 13.1. The number of fused-ring (bicyclic) bond motifs is 1. The number of nitrogens with two attached hydrogens (primary N) is 1. The Balaban J connectivity index is 2.19. The fourth-order valence-corrected chi connectivity index (χ4v) is 2.36. The summed E-state index contributed by atoms with van der Waals surface area (Å²) >= 11 is 0. The average molecular weight is 301 g/mol. The molecular formula is C17H23N3O2. The molecule has 0 aliphatic heterocycles. The average Bonchev–Trinajstić information content (AvgIpc) is 2.51. The third-order valence-electron chi connectivity index (χ3n) is 3.71. The first-order chi connectivity index (χ1) is 10.5. The lowest BCUT2D eigenvalue weighted by Gasteiger charge is -2.10. The molecule has 5 nitrogen and oxygen atoms in total. The fourth-order valence-electron chi connectivity index (χ4n) is 2.36. The summed E-state index contributed by atoms with van der Waals surface area (Å²) in [6.45, 7) is 5.51. The second kappa shape index (κ2) is 7.22. The second-order valence-corrected chi connectivity index (χ2v) is 5.70. The number of aryl methyl sites for hydroxylation is 1. The van der Waals surface area contributed by atoms with Gasteiger partial charge in [0.2, 0.25) is 5.91 Å². The molecule has 3 N–H and O–H groups in total. The van der Waals surface area contributed by atoms with Crippen molar-refractivity contribution in [3.05, 3.63) is 46.4 Å². The molecule has 0 aliphatic rings. The van der Waals surface area contributed by atoms with Crippen LogP contribution in [0.2, 0.25) is 0 Å². The van der Waals surface area contributed by atoms with Crippen LogP contribution in [0, 0.1) is 0 Å². The van der Waals surface area contributed by atoms with Crippen LogP contribution in [0.5, 0.6) is 0 Å². The Morgan fingerprint density at radius 2 is 2.09 bits per heavy atom. The van der Waals surface area contributed by atoms with Crippen molar-refractivity contribution in [3.63, 3.8) is 0 Å². The Morgan fingerprint density at radius 1 is 1.32 bits per heavy atom. The molecule has 1 aromatic carbocycles. The van der Waals surface area contributed by atoms with Crippen molar-refractivity contribution in [1.29, 1.82) is 0 Å². The van der Waals surface area contributed by atoms with E-state index < -0.39 is 0 Å². The Morgan fingerprint density at radius 3 is 2.77 bits per heavy atom. The van der Waals surface area contributed by atoms with Crippen molar-refractivity contribution in [1.82, 2.24) is 9.88 Å². The minimum Gasteiger partial charge on any atom is -0.355 e. The molecule has 2 rings (SSSR count). The van der Waals surface area contributed by atoms with E-state index in [2.05, 4.69) is 25.2 Å². The molecule has 0 atom stereocenters. The van der Waals surface area contributed by atoms with Crippen LogP contribution in [0.4, 0.5) is 0 Å². The van der Waals surface area contributed by atoms with E-state index >= 15 is 0 Å². The highest BCUT2D eigenvalue weighted by atomic mass is 16.1. The van der Waals surface area contributed by atoms with Crippen LogP contribution in [-0.2, 0) is 11.3 Å². The summed E-state index contributed by atoms with van der Waals surface area (Å²) in [6, 6.07) is 7.85. The molecule has 0 radical (unpaired) electrons.